The zero-order chi connectivity index (χ0) is 18.1. The van der Waals surface area contributed by atoms with Crippen LogP contribution in [-0.4, -0.2) is 21.6 Å². The van der Waals surface area contributed by atoms with E-state index in [1.807, 2.05) is 6.92 Å². The van der Waals surface area contributed by atoms with Crippen molar-refractivity contribution in [2.24, 2.45) is 14.1 Å². The molecule has 3 aromatic rings. The van der Waals surface area contributed by atoms with Crippen molar-refractivity contribution in [1.29, 1.82) is 0 Å². The molecule has 130 valence electrons. The third-order valence-electron chi connectivity index (χ3n) is 3.77. The predicted molar refractivity (Wildman–Crippen MR) is 97.9 cm³/mol. The standard InChI is InChI=1S/C17H17N3O4S/c1-4-24-11-7-5-10(6-8-11)18-14(21)13-9-12-15(22)19(2)17(23)20(3)16(12)25-13/h5-9H,4H2,1-3H3,(H,18,21). The van der Waals surface area contributed by atoms with E-state index in [1.54, 1.807) is 31.3 Å². The molecule has 0 fully saturated rings. The number of nitrogens with zero attached hydrogens (tertiary/aromatic N) is 2. The summed E-state index contributed by atoms with van der Waals surface area (Å²) in [5, 5.41) is 3.13. The lowest BCUT2D eigenvalue weighted by Gasteiger charge is -2.06. The van der Waals surface area contributed by atoms with Gasteiger partial charge in [-0.15, -0.1) is 11.3 Å². The highest BCUT2D eigenvalue weighted by Gasteiger charge is 2.16. The number of aromatic nitrogens is 2. The van der Waals surface area contributed by atoms with Crippen LogP contribution in [0.1, 0.15) is 16.6 Å². The summed E-state index contributed by atoms with van der Waals surface area (Å²) >= 11 is 1.11. The number of ether oxygens (including phenoxy) is 1. The van der Waals surface area contributed by atoms with E-state index in [9.17, 15) is 14.4 Å². The molecule has 1 N–H and O–H groups in total. The summed E-state index contributed by atoms with van der Waals surface area (Å²) in [7, 11) is 3.00. The van der Waals surface area contributed by atoms with E-state index in [4.69, 9.17) is 4.74 Å². The van der Waals surface area contributed by atoms with E-state index >= 15 is 0 Å². The monoisotopic (exact) mass is 359 g/mol. The van der Waals surface area contributed by atoms with Crippen molar-refractivity contribution in [2.45, 2.75) is 6.92 Å². The van der Waals surface area contributed by atoms with E-state index in [-0.39, 0.29) is 5.91 Å². The number of anilines is 1. The van der Waals surface area contributed by atoms with Crippen LogP contribution in [0, 0.1) is 0 Å². The molecule has 2 heterocycles. The van der Waals surface area contributed by atoms with Crippen molar-refractivity contribution in [2.75, 3.05) is 11.9 Å². The number of nitrogens with one attached hydrogen (secondary N) is 1. The van der Waals surface area contributed by atoms with Gasteiger partial charge in [-0.3, -0.25) is 18.7 Å². The van der Waals surface area contributed by atoms with E-state index in [0.29, 0.717) is 27.4 Å². The molecule has 0 saturated heterocycles. The number of thiophene rings is 1. The number of carbonyl (C=O) groups is 1. The number of benzene rings is 1. The minimum absolute atomic E-state index is 0.333. The van der Waals surface area contributed by atoms with E-state index in [0.717, 1.165) is 21.7 Å². The first-order valence-electron chi connectivity index (χ1n) is 7.66. The molecule has 0 radical (unpaired) electrons. The number of aryl methyl sites for hydroxylation is 1. The SMILES string of the molecule is CCOc1ccc(NC(=O)c2cc3c(=O)n(C)c(=O)n(C)c3s2)cc1. The van der Waals surface area contributed by atoms with Crippen molar-refractivity contribution in [3.05, 3.63) is 56.0 Å². The maximum Gasteiger partial charge on any atom is 0.331 e. The molecule has 0 saturated carbocycles. The van der Waals surface area contributed by atoms with Gasteiger partial charge in [0.05, 0.1) is 16.9 Å². The molecule has 0 aliphatic rings. The Morgan fingerprint density at radius 1 is 1.16 bits per heavy atom. The average molecular weight is 359 g/mol. The zero-order valence-electron chi connectivity index (χ0n) is 14.0. The minimum atomic E-state index is -0.419. The van der Waals surface area contributed by atoms with Gasteiger partial charge in [0.25, 0.3) is 11.5 Å². The Labute approximate surface area is 147 Å². The molecule has 0 spiro atoms. The van der Waals surface area contributed by atoms with Crippen molar-refractivity contribution >= 4 is 33.1 Å². The molecule has 1 amide bonds. The summed E-state index contributed by atoms with van der Waals surface area (Å²) in [6.07, 6.45) is 0. The second-order valence-corrected chi connectivity index (χ2v) is 6.48. The van der Waals surface area contributed by atoms with Crippen LogP contribution in [0.5, 0.6) is 5.75 Å². The van der Waals surface area contributed by atoms with Gasteiger partial charge in [0.1, 0.15) is 10.6 Å². The fourth-order valence-electron chi connectivity index (χ4n) is 2.47. The fourth-order valence-corrected chi connectivity index (χ4v) is 3.47. The van der Waals surface area contributed by atoms with Crippen LogP contribution in [0.25, 0.3) is 10.2 Å². The van der Waals surface area contributed by atoms with Crippen LogP contribution in [0.15, 0.2) is 39.9 Å². The van der Waals surface area contributed by atoms with E-state index < -0.39 is 11.2 Å². The van der Waals surface area contributed by atoms with Gasteiger partial charge in [-0.05, 0) is 37.3 Å². The lowest BCUT2D eigenvalue weighted by molar-refractivity contribution is 0.103. The van der Waals surface area contributed by atoms with Crippen LogP contribution in [-0.2, 0) is 14.1 Å². The van der Waals surface area contributed by atoms with Crippen molar-refractivity contribution in [3.8, 4) is 5.75 Å². The van der Waals surface area contributed by atoms with Gasteiger partial charge in [0.2, 0.25) is 0 Å². The van der Waals surface area contributed by atoms with Gasteiger partial charge in [0, 0.05) is 19.8 Å². The first kappa shape index (κ1) is 17.0. The molecule has 0 unspecified atom stereocenters. The van der Waals surface area contributed by atoms with Crippen molar-refractivity contribution in [3.63, 3.8) is 0 Å². The number of carbonyl (C=O) groups excluding carboxylic acids is 1. The Kier molecular flexibility index (Phi) is 4.45. The summed E-state index contributed by atoms with van der Waals surface area (Å²) in [5.74, 6) is 0.390. The van der Waals surface area contributed by atoms with Gasteiger partial charge in [-0.1, -0.05) is 0 Å². The quantitative estimate of drug-likeness (QED) is 0.772. The lowest BCUT2D eigenvalue weighted by Crippen LogP contribution is -2.36. The number of fused-ring (bicyclic) bond motifs is 1. The third-order valence-corrected chi connectivity index (χ3v) is 4.98. The highest BCUT2D eigenvalue weighted by Crippen LogP contribution is 2.23. The maximum absolute atomic E-state index is 12.5. The summed E-state index contributed by atoms with van der Waals surface area (Å²) in [5.41, 5.74) is -0.208. The zero-order valence-corrected chi connectivity index (χ0v) is 14.8. The highest BCUT2D eigenvalue weighted by molar-refractivity contribution is 7.20. The largest absolute Gasteiger partial charge is 0.494 e. The number of hydrogen-bond acceptors (Lipinski definition) is 5. The van der Waals surface area contributed by atoms with E-state index in [1.165, 1.54) is 17.7 Å². The summed E-state index contributed by atoms with van der Waals surface area (Å²) in [4.78, 5) is 37.5. The van der Waals surface area contributed by atoms with Gasteiger partial charge in [-0.25, -0.2) is 4.79 Å². The Hall–Kier alpha value is -2.87. The second-order valence-electron chi connectivity index (χ2n) is 5.45. The molecule has 0 aliphatic carbocycles. The number of rotatable bonds is 4. The summed E-state index contributed by atoms with van der Waals surface area (Å²) in [6, 6.07) is 8.54. The lowest BCUT2D eigenvalue weighted by atomic mass is 10.3. The molecular weight excluding hydrogens is 342 g/mol. The molecule has 0 atom stereocenters. The molecule has 3 rings (SSSR count). The predicted octanol–water partition coefficient (Wildman–Crippen LogP) is 1.95. The van der Waals surface area contributed by atoms with Crippen molar-refractivity contribution in [1.82, 2.24) is 9.13 Å². The molecular formula is C17H17N3O4S. The topological polar surface area (TPSA) is 82.3 Å². The molecule has 2 aromatic heterocycles. The molecule has 0 aliphatic heterocycles. The third kappa shape index (κ3) is 3.08. The highest BCUT2D eigenvalue weighted by atomic mass is 32.1. The van der Waals surface area contributed by atoms with Crippen LogP contribution in [0.4, 0.5) is 5.69 Å². The normalized spacial score (nSPS) is 10.8. The number of hydrogen-bond donors (Lipinski definition) is 1. The van der Waals surface area contributed by atoms with Gasteiger partial charge in [-0.2, -0.15) is 0 Å². The fraction of sp³-hybridized carbons (Fsp3) is 0.235. The van der Waals surface area contributed by atoms with Crippen LogP contribution in [0.3, 0.4) is 0 Å². The first-order valence-corrected chi connectivity index (χ1v) is 8.47. The van der Waals surface area contributed by atoms with Crippen LogP contribution < -0.4 is 21.3 Å². The van der Waals surface area contributed by atoms with Gasteiger partial charge < -0.3 is 10.1 Å². The second kappa shape index (κ2) is 6.56. The Bertz CT molecular complexity index is 1060. The summed E-state index contributed by atoms with van der Waals surface area (Å²) in [6.45, 7) is 2.47. The molecule has 25 heavy (non-hydrogen) atoms. The molecule has 0 bridgehead atoms. The minimum Gasteiger partial charge on any atom is -0.494 e. The number of amides is 1. The Morgan fingerprint density at radius 2 is 1.84 bits per heavy atom. The van der Waals surface area contributed by atoms with Gasteiger partial charge in [0.15, 0.2) is 0 Å². The summed E-state index contributed by atoms with van der Waals surface area (Å²) < 4.78 is 7.76. The Morgan fingerprint density at radius 3 is 2.48 bits per heavy atom. The van der Waals surface area contributed by atoms with Crippen molar-refractivity contribution < 1.29 is 9.53 Å². The van der Waals surface area contributed by atoms with E-state index in [2.05, 4.69) is 5.32 Å². The molecule has 7 nitrogen and oxygen atoms in total. The molecule has 8 heteroatoms. The van der Waals surface area contributed by atoms with Crippen LogP contribution in [0.2, 0.25) is 0 Å². The Balaban J connectivity index is 1.92. The van der Waals surface area contributed by atoms with Gasteiger partial charge >= 0.3 is 5.69 Å². The molecule has 1 aromatic carbocycles. The van der Waals surface area contributed by atoms with Crippen LogP contribution >= 0.6 is 11.3 Å². The smallest absolute Gasteiger partial charge is 0.331 e. The average Bonchev–Trinajstić information content (AvgIpc) is 3.06. The first-order chi connectivity index (χ1) is 11.9. The maximum atomic E-state index is 12.5.